The highest BCUT2D eigenvalue weighted by molar-refractivity contribution is 5.21. The first-order valence-electron chi connectivity index (χ1n) is 6.67. The molecule has 0 heterocycles. The molecule has 1 aliphatic carbocycles. The van der Waals surface area contributed by atoms with E-state index in [1.165, 1.54) is 31.2 Å². The van der Waals surface area contributed by atoms with Crippen molar-refractivity contribution < 1.29 is 5.11 Å². The minimum Gasteiger partial charge on any atom is -0.392 e. The lowest BCUT2D eigenvalue weighted by atomic mass is 9.67. The molecule has 0 aliphatic heterocycles. The largest absolute Gasteiger partial charge is 0.392 e. The topological polar surface area (TPSA) is 32.3 Å². The molecule has 1 aliphatic rings. The van der Waals surface area contributed by atoms with Gasteiger partial charge in [0, 0.05) is 13.1 Å². The van der Waals surface area contributed by atoms with Gasteiger partial charge in [-0.25, -0.2) is 0 Å². The van der Waals surface area contributed by atoms with Gasteiger partial charge in [0.05, 0.1) is 6.61 Å². The van der Waals surface area contributed by atoms with Crippen LogP contribution in [0.1, 0.15) is 43.7 Å². The highest BCUT2D eigenvalue weighted by Crippen LogP contribution is 2.43. The number of aliphatic hydroxyl groups is 1. The number of benzene rings is 1. The van der Waals surface area contributed by atoms with Gasteiger partial charge in [-0.2, -0.15) is 0 Å². The molecule has 0 unspecified atom stereocenters. The Morgan fingerprint density at radius 1 is 1.18 bits per heavy atom. The Balaban J connectivity index is 1.77. The molecule has 2 rings (SSSR count). The van der Waals surface area contributed by atoms with E-state index < -0.39 is 0 Å². The van der Waals surface area contributed by atoms with Crippen molar-refractivity contribution in [2.75, 3.05) is 6.54 Å². The normalized spacial score (nSPS) is 17.8. The molecule has 1 aromatic carbocycles. The third kappa shape index (κ3) is 3.08. The zero-order valence-electron chi connectivity index (χ0n) is 10.7. The van der Waals surface area contributed by atoms with Gasteiger partial charge >= 0.3 is 0 Å². The van der Waals surface area contributed by atoms with Crippen LogP contribution in [0.25, 0.3) is 0 Å². The van der Waals surface area contributed by atoms with E-state index in [1.54, 1.807) is 0 Å². The predicted molar refractivity (Wildman–Crippen MR) is 70.6 cm³/mol. The van der Waals surface area contributed by atoms with Crippen LogP contribution in [0.4, 0.5) is 0 Å². The number of rotatable bonds is 6. The molecule has 94 valence electrons. The van der Waals surface area contributed by atoms with Gasteiger partial charge in [0.15, 0.2) is 0 Å². The van der Waals surface area contributed by atoms with Crippen molar-refractivity contribution in [1.82, 2.24) is 5.32 Å². The van der Waals surface area contributed by atoms with E-state index in [9.17, 15) is 0 Å². The van der Waals surface area contributed by atoms with Gasteiger partial charge in [0.2, 0.25) is 0 Å². The maximum absolute atomic E-state index is 8.97. The van der Waals surface area contributed by atoms with E-state index >= 15 is 0 Å². The average molecular weight is 233 g/mol. The lowest BCUT2D eigenvalue weighted by molar-refractivity contribution is 0.124. The summed E-state index contributed by atoms with van der Waals surface area (Å²) in [5, 5.41) is 12.5. The molecule has 0 saturated heterocycles. The van der Waals surface area contributed by atoms with Crippen LogP contribution in [0.2, 0.25) is 0 Å². The van der Waals surface area contributed by atoms with Crippen molar-refractivity contribution in [2.45, 2.75) is 45.8 Å². The fourth-order valence-corrected chi connectivity index (χ4v) is 2.57. The molecule has 0 spiro atoms. The van der Waals surface area contributed by atoms with Gasteiger partial charge in [-0.05, 0) is 35.8 Å². The van der Waals surface area contributed by atoms with E-state index in [0.29, 0.717) is 5.41 Å². The van der Waals surface area contributed by atoms with Crippen LogP contribution in [0.3, 0.4) is 0 Å². The van der Waals surface area contributed by atoms with Crippen molar-refractivity contribution in [3.63, 3.8) is 0 Å². The summed E-state index contributed by atoms with van der Waals surface area (Å²) >= 11 is 0. The van der Waals surface area contributed by atoms with Gasteiger partial charge in [0.25, 0.3) is 0 Å². The summed E-state index contributed by atoms with van der Waals surface area (Å²) in [7, 11) is 0. The summed E-state index contributed by atoms with van der Waals surface area (Å²) in [6.45, 7) is 4.52. The van der Waals surface area contributed by atoms with Crippen LogP contribution < -0.4 is 5.32 Å². The first-order chi connectivity index (χ1) is 8.28. The van der Waals surface area contributed by atoms with Gasteiger partial charge in [-0.1, -0.05) is 37.6 Å². The van der Waals surface area contributed by atoms with Crippen molar-refractivity contribution >= 4 is 0 Å². The van der Waals surface area contributed by atoms with E-state index in [4.69, 9.17) is 5.11 Å². The fourth-order valence-electron chi connectivity index (χ4n) is 2.57. The first kappa shape index (κ1) is 12.6. The van der Waals surface area contributed by atoms with E-state index in [2.05, 4.69) is 24.4 Å². The molecule has 1 fully saturated rings. The summed E-state index contributed by atoms with van der Waals surface area (Å²) in [6, 6.07) is 8.18. The van der Waals surface area contributed by atoms with Crippen LogP contribution in [0, 0.1) is 5.41 Å². The minimum atomic E-state index is 0.132. The Morgan fingerprint density at radius 3 is 2.29 bits per heavy atom. The van der Waals surface area contributed by atoms with E-state index in [0.717, 1.165) is 18.7 Å². The van der Waals surface area contributed by atoms with Crippen molar-refractivity contribution in [2.24, 2.45) is 5.41 Å². The Hall–Kier alpha value is -0.860. The third-order valence-corrected chi connectivity index (χ3v) is 4.20. The Kier molecular flexibility index (Phi) is 4.19. The van der Waals surface area contributed by atoms with Gasteiger partial charge in [-0.3, -0.25) is 0 Å². The summed E-state index contributed by atoms with van der Waals surface area (Å²) < 4.78 is 0. The summed E-state index contributed by atoms with van der Waals surface area (Å²) in [4.78, 5) is 0. The molecule has 0 amide bonds. The smallest absolute Gasteiger partial charge is 0.0681 e. The molecule has 0 atom stereocenters. The van der Waals surface area contributed by atoms with E-state index in [1.807, 2.05) is 12.1 Å². The summed E-state index contributed by atoms with van der Waals surface area (Å²) in [5.41, 5.74) is 2.87. The third-order valence-electron chi connectivity index (χ3n) is 4.20. The maximum Gasteiger partial charge on any atom is 0.0681 e. The number of hydrogen-bond donors (Lipinski definition) is 2. The van der Waals surface area contributed by atoms with Gasteiger partial charge < -0.3 is 10.4 Å². The lowest BCUT2D eigenvalue weighted by Gasteiger charge is -2.41. The quantitative estimate of drug-likeness (QED) is 0.792. The molecular weight excluding hydrogens is 210 g/mol. The second-order valence-corrected chi connectivity index (χ2v) is 5.29. The molecule has 2 nitrogen and oxygen atoms in total. The van der Waals surface area contributed by atoms with Gasteiger partial charge in [0.1, 0.15) is 0 Å². The summed E-state index contributed by atoms with van der Waals surface area (Å²) in [5.74, 6) is 0. The second kappa shape index (κ2) is 5.65. The van der Waals surface area contributed by atoms with Crippen LogP contribution >= 0.6 is 0 Å². The number of hydrogen-bond acceptors (Lipinski definition) is 2. The molecule has 2 N–H and O–H groups in total. The monoisotopic (exact) mass is 233 g/mol. The molecule has 0 radical (unpaired) electrons. The maximum atomic E-state index is 8.97. The predicted octanol–water partition coefficient (Wildman–Crippen LogP) is 2.85. The Labute approximate surface area is 104 Å². The average Bonchev–Trinajstić information content (AvgIpc) is 2.33. The number of aliphatic hydroxyl groups excluding tert-OH is 1. The summed E-state index contributed by atoms with van der Waals surface area (Å²) in [6.07, 6.45) is 5.48. The zero-order chi connectivity index (χ0) is 12.1. The molecule has 1 aromatic rings. The minimum absolute atomic E-state index is 0.132. The standard InChI is InChI=1S/C15H23NO/c1-2-15(8-3-9-15)12-16-10-13-4-6-14(11-17)7-5-13/h4-7,16-17H,2-3,8-12H2,1H3. The van der Waals surface area contributed by atoms with E-state index in [-0.39, 0.29) is 6.61 Å². The SMILES string of the molecule is CCC1(CNCc2ccc(CO)cc2)CCC1. The highest BCUT2D eigenvalue weighted by atomic mass is 16.3. The van der Waals surface area contributed by atoms with Crippen LogP contribution in [-0.4, -0.2) is 11.7 Å². The Morgan fingerprint density at radius 2 is 1.82 bits per heavy atom. The molecule has 0 aromatic heterocycles. The van der Waals surface area contributed by atoms with Gasteiger partial charge in [-0.15, -0.1) is 0 Å². The van der Waals surface area contributed by atoms with Crippen LogP contribution in [-0.2, 0) is 13.2 Å². The molecule has 1 saturated carbocycles. The van der Waals surface area contributed by atoms with Crippen molar-refractivity contribution in [1.29, 1.82) is 0 Å². The number of nitrogens with one attached hydrogen (secondary N) is 1. The zero-order valence-corrected chi connectivity index (χ0v) is 10.7. The first-order valence-corrected chi connectivity index (χ1v) is 6.67. The highest BCUT2D eigenvalue weighted by Gasteiger charge is 2.34. The molecular formula is C15H23NO. The lowest BCUT2D eigenvalue weighted by Crippen LogP contribution is -2.39. The molecule has 17 heavy (non-hydrogen) atoms. The molecule has 2 heteroatoms. The Bertz CT molecular complexity index is 335. The van der Waals surface area contributed by atoms with Crippen LogP contribution in [0.15, 0.2) is 24.3 Å². The van der Waals surface area contributed by atoms with Crippen molar-refractivity contribution in [3.05, 3.63) is 35.4 Å². The second-order valence-electron chi connectivity index (χ2n) is 5.29. The van der Waals surface area contributed by atoms with Crippen LogP contribution in [0.5, 0.6) is 0 Å². The molecule has 0 bridgehead atoms. The fraction of sp³-hybridized carbons (Fsp3) is 0.600. The van der Waals surface area contributed by atoms with Crippen molar-refractivity contribution in [3.8, 4) is 0 Å².